The van der Waals surface area contributed by atoms with E-state index in [2.05, 4.69) is 4.98 Å². The third-order valence-corrected chi connectivity index (χ3v) is 3.14. The predicted molar refractivity (Wildman–Crippen MR) is 59.8 cm³/mol. The van der Waals surface area contributed by atoms with Crippen LogP contribution in [0.1, 0.15) is 6.23 Å². The first-order valence-corrected chi connectivity index (χ1v) is 5.57. The van der Waals surface area contributed by atoms with Crippen molar-refractivity contribution in [3.05, 3.63) is 22.7 Å². The van der Waals surface area contributed by atoms with Gasteiger partial charge in [-0.15, -0.1) is 0 Å². The van der Waals surface area contributed by atoms with Crippen molar-refractivity contribution in [1.82, 2.24) is 9.55 Å². The molecule has 0 saturated carbocycles. The molecule has 4 atom stereocenters. The molecule has 0 spiro atoms. The lowest BCUT2D eigenvalue weighted by Gasteiger charge is -2.27. The number of alkyl halides is 3. The molecule has 10 heteroatoms. The molecule has 2 heterocycles. The molecule has 0 aromatic carbocycles. The van der Waals surface area contributed by atoms with Crippen LogP contribution in [0.2, 0.25) is 0 Å². The second-order valence-corrected chi connectivity index (χ2v) is 4.36. The summed E-state index contributed by atoms with van der Waals surface area (Å²) in [5, 5.41) is 18.6. The number of ether oxygens (including phenoxy) is 1. The molecule has 0 bridgehead atoms. The number of halogens is 3. The summed E-state index contributed by atoms with van der Waals surface area (Å²) >= 11 is 0. The molecular weight excluding hydrogens is 283 g/mol. The fourth-order valence-electron chi connectivity index (χ4n) is 2.00. The summed E-state index contributed by atoms with van der Waals surface area (Å²) in [5.41, 5.74) is 1.37. The van der Waals surface area contributed by atoms with E-state index in [0.717, 1.165) is 12.3 Å². The van der Waals surface area contributed by atoms with Gasteiger partial charge in [0.15, 0.2) is 18.0 Å². The number of nitrogens with zero attached hydrogens (tertiary/aromatic N) is 2. The van der Waals surface area contributed by atoms with Crippen LogP contribution >= 0.6 is 0 Å². The van der Waals surface area contributed by atoms with Gasteiger partial charge in [0.2, 0.25) is 0 Å². The molecular formula is C10H12F3N3O4. The number of hydrogen-bond donors (Lipinski definition) is 3. The van der Waals surface area contributed by atoms with Crippen LogP contribution in [-0.4, -0.2) is 50.7 Å². The molecule has 112 valence electrons. The predicted octanol–water partition coefficient (Wildman–Crippen LogP) is -0.950. The minimum absolute atomic E-state index is 0.127. The standard InChI is InChI=1S/C10H12F3N3O4/c11-6-5(18)7(20-10(6,3-17)8(12)13)16-2-1-4(14)15-9(16)19/h1-2,5-8,17-18H,3H2,(H2,14,15,19)/t5-,6?,7-,10-/m1/s1. The summed E-state index contributed by atoms with van der Waals surface area (Å²) in [6.07, 6.45) is -8.71. The maximum atomic E-state index is 13.9. The smallest absolute Gasteiger partial charge is 0.351 e. The number of rotatable bonds is 3. The Kier molecular flexibility index (Phi) is 3.71. The van der Waals surface area contributed by atoms with Gasteiger partial charge in [0.25, 0.3) is 6.43 Å². The van der Waals surface area contributed by atoms with E-state index in [4.69, 9.17) is 15.6 Å². The van der Waals surface area contributed by atoms with Crippen molar-refractivity contribution in [1.29, 1.82) is 0 Å². The molecule has 20 heavy (non-hydrogen) atoms. The quantitative estimate of drug-likeness (QED) is 0.663. The van der Waals surface area contributed by atoms with Gasteiger partial charge in [-0.25, -0.2) is 18.0 Å². The van der Waals surface area contributed by atoms with E-state index in [1.165, 1.54) is 0 Å². The molecule has 1 aliphatic rings. The average Bonchev–Trinajstić information content (AvgIpc) is 2.64. The Hall–Kier alpha value is -1.65. The minimum atomic E-state index is -3.39. The molecule has 1 aromatic rings. The lowest BCUT2D eigenvalue weighted by molar-refractivity contribution is -0.186. The number of aliphatic hydroxyl groups excluding tert-OH is 2. The van der Waals surface area contributed by atoms with Crippen LogP contribution in [0.3, 0.4) is 0 Å². The van der Waals surface area contributed by atoms with E-state index < -0.39 is 42.8 Å². The summed E-state index contributed by atoms with van der Waals surface area (Å²) in [6.45, 7) is -1.35. The summed E-state index contributed by atoms with van der Waals surface area (Å²) in [4.78, 5) is 14.9. The van der Waals surface area contributed by atoms with Gasteiger partial charge in [0.05, 0.1) is 6.61 Å². The van der Waals surface area contributed by atoms with Gasteiger partial charge in [-0.05, 0) is 6.07 Å². The third-order valence-electron chi connectivity index (χ3n) is 3.14. The number of aromatic nitrogens is 2. The molecule has 1 aromatic heterocycles. The van der Waals surface area contributed by atoms with Gasteiger partial charge >= 0.3 is 5.69 Å². The molecule has 1 fully saturated rings. The van der Waals surface area contributed by atoms with Crippen LogP contribution in [0.15, 0.2) is 17.1 Å². The number of nitrogen functional groups attached to an aromatic ring is 1. The van der Waals surface area contributed by atoms with Crippen LogP contribution in [-0.2, 0) is 4.74 Å². The zero-order valence-corrected chi connectivity index (χ0v) is 9.99. The Bertz CT molecular complexity index is 555. The maximum Gasteiger partial charge on any atom is 0.351 e. The Morgan fingerprint density at radius 2 is 2.25 bits per heavy atom. The minimum Gasteiger partial charge on any atom is -0.393 e. The molecule has 2 rings (SSSR count). The molecule has 1 aliphatic heterocycles. The van der Waals surface area contributed by atoms with Gasteiger partial charge in [-0.1, -0.05) is 0 Å². The number of anilines is 1. The van der Waals surface area contributed by atoms with Crippen molar-refractivity contribution in [2.75, 3.05) is 12.3 Å². The van der Waals surface area contributed by atoms with Crippen LogP contribution < -0.4 is 11.4 Å². The van der Waals surface area contributed by atoms with Crippen molar-refractivity contribution in [3.8, 4) is 0 Å². The van der Waals surface area contributed by atoms with E-state index >= 15 is 0 Å². The van der Waals surface area contributed by atoms with Crippen molar-refractivity contribution < 1.29 is 28.1 Å². The van der Waals surface area contributed by atoms with Crippen LogP contribution in [0.5, 0.6) is 0 Å². The molecule has 0 radical (unpaired) electrons. The first kappa shape index (κ1) is 14.8. The van der Waals surface area contributed by atoms with Crippen molar-refractivity contribution in [2.45, 2.75) is 30.5 Å². The fraction of sp³-hybridized carbons (Fsp3) is 0.600. The third kappa shape index (κ3) is 2.05. The molecule has 0 amide bonds. The Balaban J connectivity index is 2.42. The molecule has 0 aliphatic carbocycles. The Morgan fingerprint density at radius 1 is 1.60 bits per heavy atom. The van der Waals surface area contributed by atoms with Gasteiger partial charge in [-0.3, -0.25) is 4.57 Å². The van der Waals surface area contributed by atoms with Gasteiger partial charge in [0.1, 0.15) is 11.9 Å². The lowest BCUT2D eigenvalue weighted by atomic mass is 9.98. The first-order chi connectivity index (χ1) is 9.33. The monoisotopic (exact) mass is 295 g/mol. The molecule has 7 nitrogen and oxygen atoms in total. The molecule has 1 unspecified atom stereocenters. The topological polar surface area (TPSA) is 111 Å². The highest BCUT2D eigenvalue weighted by molar-refractivity contribution is 5.23. The summed E-state index contributed by atoms with van der Waals surface area (Å²) in [5.74, 6) is -0.127. The normalized spacial score (nSPS) is 33.8. The Labute approximate surface area is 110 Å². The maximum absolute atomic E-state index is 13.9. The number of hydrogen-bond acceptors (Lipinski definition) is 6. The van der Waals surface area contributed by atoms with E-state index in [-0.39, 0.29) is 5.82 Å². The van der Waals surface area contributed by atoms with E-state index in [1.54, 1.807) is 0 Å². The highest BCUT2D eigenvalue weighted by atomic mass is 19.3. The second kappa shape index (κ2) is 5.04. The second-order valence-electron chi connectivity index (χ2n) is 4.36. The number of aliphatic hydroxyl groups is 2. The number of nitrogens with two attached hydrogens (primary N) is 1. The molecule has 4 N–H and O–H groups in total. The van der Waals surface area contributed by atoms with Crippen LogP contribution in [0.25, 0.3) is 0 Å². The zero-order valence-electron chi connectivity index (χ0n) is 9.99. The average molecular weight is 295 g/mol. The van der Waals surface area contributed by atoms with E-state index in [0.29, 0.717) is 4.57 Å². The highest BCUT2D eigenvalue weighted by Gasteiger charge is 2.61. The van der Waals surface area contributed by atoms with Gasteiger partial charge in [-0.2, -0.15) is 4.98 Å². The molecule has 1 saturated heterocycles. The zero-order chi connectivity index (χ0) is 15.1. The SMILES string of the molecule is Nc1ccn([C@@H]2O[C@@](CO)(C(F)F)C(F)[C@H]2O)c(=O)n1. The van der Waals surface area contributed by atoms with Crippen LogP contribution in [0, 0.1) is 0 Å². The summed E-state index contributed by atoms with van der Waals surface area (Å²) in [7, 11) is 0. The Morgan fingerprint density at radius 3 is 2.70 bits per heavy atom. The van der Waals surface area contributed by atoms with Gasteiger partial charge in [0, 0.05) is 6.20 Å². The fourth-order valence-corrected chi connectivity index (χ4v) is 2.00. The first-order valence-electron chi connectivity index (χ1n) is 5.57. The van der Waals surface area contributed by atoms with Crippen molar-refractivity contribution in [2.24, 2.45) is 0 Å². The van der Waals surface area contributed by atoms with E-state index in [1.807, 2.05) is 0 Å². The van der Waals surface area contributed by atoms with Crippen molar-refractivity contribution >= 4 is 5.82 Å². The van der Waals surface area contributed by atoms with Crippen molar-refractivity contribution in [3.63, 3.8) is 0 Å². The summed E-state index contributed by atoms with van der Waals surface area (Å²) < 4.78 is 45.1. The lowest BCUT2D eigenvalue weighted by Crippen LogP contribution is -2.50. The summed E-state index contributed by atoms with van der Waals surface area (Å²) in [6, 6.07) is 1.16. The highest BCUT2D eigenvalue weighted by Crippen LogP contribution is 2.42. The largest absolute Gasteiger partial charge is 0.393 e. The van der Waals surface area contributed by atoms with E-state index in [9.17, 15) is 23.1 Å². The van der Waals surface area contributed by atoms with Gasteiger partial charge < -0.3 is 20.7 Å². The van der Waals surface area contributed by atoms with Crippen LogP contribution in [0.4, 0.5) is 19.0 Å².